The molecule has 0 aliphatic carbocycles. The first-order valence-corrected chi connectivity index (χ1v) is 8.74. The van der Waals surface area contributed by atoms with Crippen molar-refractivity contribution >= 4 is 11.8 Å². The highest BCUT2D eigenvalue weighted by Gasteiger charge is 2.27. The average Bonchev–Trinajstić information content (AvgIpc) is 2.65. The van der Waals surface area contributed by atoms with Crippen LogP contribution >= 0.6 is 0 Å². The number of benzene rings is 1. The molecule has 0 saturated carbocycles. The van der Waals surface area contributed by atoms with Crippen LogP contribution < -0.4 is 11.2 Å². The molecule has 1 aliphatic rings. The van der Waals surface area contributed by atoms with Gasteiger partial charge in [-0.05, 0) is 12.5 Å². The highest BCUT2D eigenvalue weighted by molar-refractivity contribution is 5.86. The number of aromatic nitrogens is 2. The van der Waals surface area contributed by atoms with E-state index in [9.17, 15) is 19.2 Å². The van der Waals surface area contributed by atoms with E-state index in [0.29, 0.717) is 19.6 Å². The molecule has 1 fully saturated rings. The van der Waals surface area contributed by atoms with Gasteiger partial charge in [-0.15, -0.1) is 0 Å². The highest BCUT2D eigenvalue weighted by Crippen LogP contribution is 2.11. The Labute approximate surface area is 156 Å². The number of aryl methyl sites for hydroxylation is 1. The third-order valence-electron chi connectivity index (χ3n) is 4.76. The fourth-order valence-corrected chi connectivity index (χ4v) is 3.02. The predicted octanol–water partition coefficient (Wildman–Crippen LogP) is -0.204. The topological polar surface area (TPSA) is 95.5 Å². The van der Waals surface area contributed by atoms with Gasteiger partial charge in [-0.3, -0.25) is 19.0 Å². The third-order valence-corrected chi connectivity index (χ3v) is 4.76. The molecule has 0 spiro atoms. The van der Waals surface area contributed by atoms with Gasteiger partial charge in [0.1, 0.15) is 0 Å². The lowest BCUT2D eigenvalue weighted by Crippen LogP contribution is -2.52. The van der Waals surface area contributed by atoms with Gasteiger partial charge in [0.15, 0.2) is 0 Å². The summed E-state index contributed by atoms with van der Waals surface area (Å²) in [6, 6.07) is 7.99. The summed E-state index contributed by atoms with van der Waals surface area (Å²) in [6.07, 6.45) is 1.12. The number of carbonyl (C=O) groups is 2. The maximum Gasteiger partial charge on any atom is 0.328 e. The van der Waals surface area contributed by atoms with Crippen LogP contribution in [-0.2, 0) is 29.6 Å². The lowest BCUT2D eigenvalue weighted by atomic mass is 10.1. The van der Waals surface area contributed by atoms with Gasteiger partial charge in [0.2, 0.25) is 11.8 Å². The molecule has 0 unspecified atom stereocenters. The van der Waals surface area contributed by atoms with Crippen LogP contribution in [-0.4, -0.2) is 50.8 Å². The van der Waals surface area contributed by atoms with Crippen molar-refractivity contribution in [1.29, 1.82) is 0 Å². The summed E-state index contributed by atoms with van der Waals surface area (Å²) in [6.45, 7) is 3.38. The molecule has 1 saturated heterocycles. The quantitative estimate of drug-likeness (QED) is 0.806. The molecule has 0 radical (unpaired) electrons. The normalized spacial score (nSPS) is 14.5. The Balaban J connectivity index is 1.62. The van der Waals surface area contributed by atoms with Gasteiger partial charge < -0.3 is 14.8 Å². The molecule has 142 valence electrons. The Morgan fingerprint density at radius 2 is 1.81 bits per heavy atom. The zero-order valence-corrected chi connectivity index (χ0v) is 15.4. The zero-order chi connectivity index (χ0) is 19.6. The smallest absolute Gasteiger partial charge is 0.328 e. The number of H-pyrrole nitrogens is 1. The maximum atomic E-state index is 12.5. The zero-order valence-electron chi connectivity index (χ0n) is 15.4. The maximum absolute atomic E-state index is 12.5. The predicted molar refractivity (Wildman–Crippen MR) is 99.2 cm³/mol. The van der Waals surface area contributed by atoms with Crippen molar-refractivity contribution in [3.8, 4) is 0 Å². The summed E-state index contributed by atoms with van der Waals surface area (Å²) in [4.78, 5) is 53.9. The Kier molecular flexibility index (Phi) is 5.25. The van der Waals surface area contributed by atoms with Crippen LogP contribution in [0.15, 0.2) is 40.1 Å². The number of nitrogens with one attached hydrogen (secondary N) is 1. The van der Waals surface area contributed by atoms with Gasteiger partial charge in [0, 0.05) is 38.4 Å². The Bertz CT molecular complexity index is 974. The first-order chi connectivity index (χ1) is 12.8. The van der Waals surface area contributed by atoms with Gasteiger partial charge in [-0.25, -0.2) is 4.79 Å². The van der Waals surface area contributed by atoms with Crippen molar-refractivity contribution < 1.29 is 9.59 Å². The minimum atomic E-state index is -0.531. The van der Waals surface area contributed by atoms with Crippen LogP contribution in [0.3, 0.4) is 0 Å². The number of amides is 2. The number of aromatic amines is 1. The second-order valence-electron chi connectivity index (χ2n) is 6.78. The number of carbonyl (C=O) groups excluding carboxylic acids is 2. The molecule has 1 N–H and O–H groups in total. The molecule has 8 nitrogen and oxygen atoms in total. The summed E-state index contributed by atoms with van der Waals surface area (Å²) in [5.41, 5.74) is 1.38. The molecule has 0 bridgehead atoms. The molecule has 27 heavy (non-hydrogen) atoms. The average molecular weight is 370 g/mol. The van der Waals surface area contributed by atoms with E-state index in [2.05, 4.69) is 4.98 Å². The summed E-state index contributed by atoms with van der Waals surface area (Å²) in [5.74, 6) is -0.424. The standard InChI is InChI=1S/C19H22N4O4/c1-13-3-5-14(6-4-13)11-22-7-8-23(12-17(22)25)16(24)9-15-10-20-19(27)21(2)18(15)26/h3-6,10H,7-9,11-12H2,1-2H3,(H,20,27). The number of hydrogen-bond acceptors (Lipinski definition) is 4. The molecule has 2 aromatic rings. The third kappa shape index (κ3) is 4.16. The van der Waals surface area contributed by atoms with Gasteiger partial charge in [0.25, 0.3) is 5.56 Å². The summed E-state index contributed by atoms with van der Waals surface area (Å²) >= 11 is 0. The fraction of sp³-hybridized carbons (Fsp3) is 0.368. The molecule has 3 rings (SSSR count). The molecule has 1 aromatic carbocycles. The Hall–Kier alpha value is -3.16. The molecule has 2 heterocycles. The van der Waals surface area contributed by atoms with E-state index in [-0.39, 0.29) is 30.3 Å². The van der Waals surface area contributed by atoms with Crippen molar-refractivity contribution in [2.24, 2.45) is 7.05 Å². The minimum Gasteiger partial charge on any atom is -0.335 e. The number of nitrogens with zero attached hydrogens (tertiary/aromatic N) is 3. The van der Waals surface area contributed by atoms with Gasteiger partial charge in [0.05, 0.1) is 13.0 Å². The summed E-state index contributed by atoms with van der Waals surface area (Å²) < 4.78 is 0.924. The second-order valence-corrected chi connectivity index (χ2v) is 6.78. The number of piperazine rings is 1. The van der Waals surface area contributed by atoms with Gasteiger partial charge in [-0.1, -0.05) is 29.8 Å². The van der Waals surface area contributed by atoms with E-state index in [4.69, 9.17) is 0 Å². The van der Waals surface area contributed by atoms with Crippen LogP contribution in [0.2, 0.25) is 0 Å². The number of rotatable bonds is 4. The molecular formula is C19H22N4O4. The lowest BCUT2D eigenvalue weighted by Gasteiger charge is -2.34. The Morgan fingerprint density at radius 3 is 2.48 bits per heavy atom. The van der Waals surface area contributed by atoms with E-state index in [0.717, 1.165) is 15.7 Å². The van der Waals surface area contributed by atoms with Crippen molar-refractivity contribution in [1.82, 2.24) is 19.4 Å². The van der Waals surface area contributed by atoms with E-state index >= 15 is 0 Å². The van der Waals surface area contributed by atoms with Crippen LogP contribution in [0.25, 0.3) is 0 Å². The second kappa shape index (κ2) is 7.61. The highest BCUT2D eigenvalue weighted by atomic mass is 16.2. The van der Waals surface area contributed by atoms with E-state index < -0.39 is 11.2 Å². The first kappa shape index (κ1) is 18.6. The largest absolute Gasteiger partial charge is 0.335 e. The molecular weight excluding hydrogens is 348 g/mol. The molecule has 1 aromatic heterocycles. The number of hydrogen-bond donors (Lipinski definition) is 1. The summed E-state index contributed by atoms with van der Waals surface area (Å²) in [5, 5.41) is 0. The van der Waals surface area contributed by atoms with Crippen molar-refractivity contribution in [2.75, 3.05) is 19.6 Å². The van der Waals surface area contributed by atoms with Gasteiger partial charge in [-0.2, -0.15) is 0 Å². The fourth-order valence-electron chi connectivity index (χ4n) is 3.02. The van der Waals surface area contributed by atoms with Crippen LogP contribution in [0.1, 0.15) is 16.7 Å². The van der Waals surface area contributed by atoms with E-state index in [1.165, 1.54) is 18.1 Å². The van der Waals surface area contributed by atoms with Crippen LogP contribution in [0.5, 0.6) is 0 Å². The van der Waals surface area contributed by atoms with Crippen molar-refractivity contribution in [2.45, 2.75) is 19.9 Å². The SMILES string of the molecule is Cc1ccc(CN2CCN(C(=O)Cc3c[nH]c(=O)n(C)c3=O)CC2=O)cc1. The van der Waals surface area contributed by atoms with Gasteiger partial charge >= 0.3 is 5.69 Å². The molecule has 1 aliphatic heterocycles. The molecule has 2 amide bonds. The molecule has 0 atom stereocenters. The van der Waals surface area contributed by atoms with Crippen molar-refractivity contribution in [3.05, 3.63) is 68.0 Å². The monoisotopic (exact) mass is 370 g/mol. The minimum absolute atomic E-state index is 0.00559. The van der Waals surface area contributed by atoms with Crippen LogP contribution in [0, 0.1) is 6.92 Å². The van der Waals surface area contributed by atoms with Crippen LogP contribution in [0.4, 0.5) is 0 Å². The Morgan fingerprint density at radius 1 is 1.11 bits per heavy atom. The van der Waals surface area contributed by atoms with E-state index in [1.54, 1.807) is 4.90 Å². The first-order valence-electron chi connectivity index (χ1n) is 8.74. The summed E-state index contributed by atoms with van der Waals surface area (Å²) in [7, 11) is 1.35. The van der Waals surface area contributed by atoms with E-state index in [1.807, 2.05) is 31.2 Å². The lowest BCUT2D eigenvalue weighted by molar-refractivity contribution is -0.145. The van der Waals surface area contributed by atoms with Crippen molar-refractivity contribution in [3.63, 3.8) is 0 Å². The molecule has 8 heteroatoms.